The van der Waals surface area contributed by atoms with Crippen molar-refractivity contribution < 1.29 is 23.7 Å². The van der Waals surface area contributed by atoms with E-state index in [-0.39, 0.29) is 28.2 Å². The number of aromatic nitrogens is 1. The standard InChI is InChI=1S/C17H32N2O2.C16H32N2O.C16H25NO.C15H24N2O.3CH4/c1-12(2)17(20)11-19-7-5-15(6-8-19)21-16-9-14(10-16)18-13(3)4;1-12(2)11-18-7-5-15(6-8-18)19-16-9-14(10-16)17-13(3)4;1-11(2)13-6-5-7-15(8-13)18-16-9-14(10-16)17-12(3)4;1-10(2)12-5-6-16-15(7-12)18-14-8-13(9-14)17-11(3)4;;;/h12-16,18H,5-11H2,1-4H3;12-17H,5-11H2,1-4H3;5-8,11-12,14,16-17H,9-10H2,1-4H3;5-7,10-11,13-14,17H,8-9H2,1-4H3;3*1H4. The Bertz CT molecular complexity index is 1810. The maximum atomic E-state index is 11.8. The van der Waals surface area contributed by atoms with Crippen molar-refractivity contribution in [1.29, 1.82) is 0 Å². The quantitative estimate of drug-likeness (QED) is 0.0848. The van der Waals surface area contributed by atoms with E-state index in [4.69, 9.17) is 18.9 Å². The highest BCUT2D eigenvalue weighted by atomic mass is 16.5. The molecule has 6 fully saturated rings. The summed E-state index contributed by atoms with van der Waals surface area (Å²) >= 11 is 0. The predicted molar refractivity (Wildman–Crippen MR) is 336 cm³/mol. The molecule has 0 bridgehead atoms. The van der Waals surface area contributed by atoms with Gasteiger partial charge in [0.2, 0.25) is 5.88 Å². The summed E-state index contributed by atoms with van der Waals surface area (Å²) < 4.78 is 24.3. The topological polar surface area (TPSA) is 121 Å². The van der Waals surface area contributed by atoms with E-state index in [2.05, 4.69) is 169 Å². The molecular formula is C67H125N7O5. The highest BCUT2D eigenvalue weighted by Crippen LogP contribution is 2.31. The zero-order valence-corrected chi connectivity index (χ0v) is 51.0. The maximum absolute atomic E-state index is 11.8. The number of ether oxygens (including phenoxy) is 4. The van der Waals surface area contributed by atoms with Crippen molar-refractivity contribution in [2.45, 2.75) is 307 Å². The minimum absolute atomic E-state index is 0. The normalized spacial score (nSPS) is 25.3. The molecule has 1 aromatic heterocycles. The molecule has 12 nitrogen and oxygen atoms in total. The molecule has 4 saturated carbocycles. The van der Waals surface area contributed by atoms with Crippen molar-refractivity contribution in [2.75, 3.05) is 39.3 Å². The Morgan fingerprint density at radius 1 is 0.506 bits per heavy atom. The third-order valence-electron chi connectivity index (χ3n) is 15.7. The van der Waals surface area contributed by atoms with Gasteiger partial charge in [0.25, 0.3) is 0 Å². The van der Waals surface area contributed by atoms with E-state index in [9.17, 15) is 4.79 Å². The molecular weight excluding hydrogens is 983 g/mol. The van der Waals surface area contributed by atoms with Crippen LogP contribution in [0.15, 0.2) is 42.6 Å². The number of rotatable bonds is 23. The van der Waals surface area contributed by atoms with Crippen LogP contribution in [0.2, 0.25) is 0 Å². The SMILES string of the molecule is C.C.C.CC(C)CN1CCC(OC2CC(NC(C)C)C2)CC1.CC(C)NC1CC(OC2CCN(CC(=O)C(C)C)CC2)C1.CC(C)NC1CC(Oc2cc(C(C)C)ccn2)C1.CC(C)NC1CC(Oc2cccc(C(C)C)c2)C1. The number of hydrogen-bond donors (Lipinski definition) is 4. The lowest BCUT2D eigenvalue weighted by Crippen LogP contribution is -2.50. The van der Waals surface area contributed by atoms with Crippen LogP contribution in [0.5, 0.6) is 11.6 Å². The molecule has 12 heteroatoms. The third-order valence-corrected chi connectivity index (χ3v) is 15.7. The summed E-state index contributed by atoms with van der Waals surface area (Å²) in [4.78, 5) is 20.9. The summed E-state index contributed by atoms with van der Waals surface area (Å²) in [7, 11) is 0. The summed E-state index contributed by atoms with van der Waals surface area (Å²) in [6.45, 7) is 41.3. The van der Waals surface area contributed by atoms with E-state index in [1.807, 2.05) is 20.0 Å². The Hall–Kier alpha value is -2.68. The number of nitrogens with zero attached hydrogens (tertiary/aromatic N) is 3. The molecule has 2 saturated heterocycles. The first-order valence-electron chi connectivity index (χ1n) is 30.8. The first-order chi connectivity index (χ1) is 36.0. The molecule has 0 atom stereocenters. The summed E-state index contributed by atoms with van der Waals surface area (Å²) in [5, 5.41) is 14.2. The van der Waals surface area contributed by atoms with Gasteiger partial charge in [-0.1, -0.05) is 145 Å². The van der Waals surface area contributed by atoms with Crippen molar-refractivity contribution in [3.63, 3.8) is 0 Å². The van der Waals surface area contributed by atoms with Gasteiger partial charge in [-0.05, 0) is 124 Å². The van der Waals surface area contributed by atoms with Crippen molar-refractivity contribution in [2.24, 2.45) is 11.8 Å². The van der Waals surface area contributed by atoms with Gasteiger partial charge in [-0.15, -0.1) is 0 Å². The number of carbonyl (C=O) groups is 1. The molecule has 0 unspecified atom stereocenters. The van der Waals surface area contributed by atoms with Gasteiger partial charge < -0.3 is 45.1 Å². The minimum Gasteiger partial charge on any atom is -0.490 e. The van der Waals surface area contributed by atoms with E-state index >= 15 is 0 Å². The van der Waals surface area contributed by atoms with Crippen molar-refractivity contribution in [3.8, 4) is 11.6 Å². The second-order valence-corrected chi connectivity index (χ2v) is 26.3. The molecule has 79 heavy (non-hydrogen) atoms. The lowest BCUT2D eigenvalue weighted by Gasteiger charge is -2.41. The fourth-order valence-corrected chi connectivity index (χ4v) is 11.2. The van der Waals surface area contributed by atoms with Crippen LogP contribution in [0.1, 0.15) is 233 Å². The van der Waals surface area contributed by atoms with E-state index in [0.29, 0.717) is 109 Å². The number of nitrogens with one attached hydrogen (secondary N) is 4. The molecule has 1 aromatic carbocycles. The zero-order valence-electron chi connectivity index (χ0n) is 51.0. The molecule has 4 N–H and O–H groups in total. The van der Waals surface area contributed by atoms with Crippen LogP contribution in [0.25, 0.3) is 0 Å². The molecule has 0 radical (unpaired) electrons. The van der Waals surface area contributed by atoms with Crippen LogP contribution in [-0.2, 0) is 14.3 Å². The molecule has 2 aromatic rings. The fourth-order valence-electron chi connectivity index (χ4n) is 11.2. The highest BCUT2D eigenvalue weighted by molar-refractivity contribution is 5.82. The molecule has 0 spiro atoms. The third kappa shape index (κ3) is 27.5. The van der Waals surface area contributed by atoms with Crippen molar-refractivity contribution in [1.82, 2.24) is 36.1 Å². The van der Waals surface area contributed by atoms with Crippen LogP contribution >= 0.6 is 0 Å². The Kier molecular flexibility index (Phi) is 33.7. The molecule has 458 valence electrons. The number of piperidine rings is 2. The first-order valence-corrected chi connectivity index (χ1v) is 30.8. The van der Waals surface area contributed by atoms with Crippen LogP contribution in [0, 0.1) is 11.8 Å². The Morgan fingerprint density at radius 3 is 1.29 bits per heavy atom. The lowest BCUT2D eigenvalue weighted by atomic mass is 9.88. The van der Waals surface area contributed by atoms with Crippen LogP contribution in [-0.4, -0.2) is 145 Å². The highest BCUT2D eigenvalue weighted by Gasteiger charge is 2.36. The molecule has 8 rings (SSSR count). The monoisotopic (exact) mass is 1110 g/mol. The number of ketones is 1. The van der Waals surface area contributed by atoms with Gasteiger partial charge in [0.1, 0.15) is 23.7 Å². The summed E-state index contributed by atoms with van der Waals surface area (Å²) in [5.74, 6) is 4.17. The number of likely N-dealkylation sites (tertiary alicyclic amines) is 2. The number of benzene rings is 1. The van der Waals surface area contributed by atoms with E-state index in [0.717, 1.165) is 82.0 Å². The van der Waals surface area contributed by atoms with E-state index in [1.165, 1.54) is 56.4 Å². The smallest absolute Gasteiger partial charge is 0.213 e. The molecule has 3 heterocycles. The van der Waals surface area contributed by atoms with Gasteiger partial charge in [0.15, 0.2) is 0 Å². The Morgan fingerprint density at radius 2 is 0.899 bits per heavy atom. The van der Waals surface area contributed by atoms with Crippen LogP contribution in [0.4, 0.5) is 0 Å². The van der Waals surface area contributed by atoms with Gasteiger partial charge in [-0.25, -0.2) is 4.98 Å². The summed E-state index contributed by atoms with van der Waals surface area (Å²) in [5.41, 5.74) is 2.64. The Labute approximate surface area is 486 Å². The van der Waals surface area contributed by atoms with Crippen molar-refractivity contribution >= 4 is 5.78 Å². The molecule has 6 aliphatic rings. The Balaban J connectivity index is 0.000000356. The average molecular weight is 1110 g/mol. The predicted octanol–water partition coefficient (Wildman–Crippen LogP) is 13.6. The van der Waals surface area contributed by atoms with Gasteiger partial charge in [-0.3, -0.25) is 9.69 Å². The second-order valence-electron chi connectivity index (χ2n) is 26.3. The fraction of sp³-hybridized carbons (Fsp3) is 0.821. The molecule has 4 aliphatic carbocycles. The maximum Gasteiger partial charge on any atom is 0.213 e. The van der Waals surface area contributed by atoms with E-state index in [1.54, 1.807) is 0 Å². The van der Waals surface area contributed by atoms with Gasteiger partial charge >= 0.3 is 0 Å². The van der Waals surface area contributed by atoms with E-state index < -0.39 is 0 Å². The molecule has 2 aliphatic heterocycles. The van der Waals surface area contributed by atoms with Crippen LogP contribution in [0.3, 0.4) is 0 Å². The average Bonchev–Trinajstić information content (AvgIpc) is 3.30. The summed E-state index contributed by atoms with van der Waals surface area (Å²) in [6, 6.07) is 17.5. The number of pyridine rings is 1. The zero-order chi connectivity index (χ0) is 55.5. The van der Waals surface area contributed by atoms with Crippen molar-refractivity contribution in [3.05, 3.63) is 53.7 Å². The number of Topliss-reactive ketones (excluding diaryl/α,β-unsaturated/α-hetero) is 1. The largest absolute Gasteiger partial charge is 0.490 e. The van der Waals surface area contributed by atoms with Gasteiger partial charge in [-0.2, -0.15) is 0 Å². The minimum atomic E-state index is 0. The first kappa shape index (κ1) is 72.4. The number of hydrogen-bond acceptors (Lipinski definition) is 12. The molecule has 0 amide bonds. The number of carbonyl (C=O) groups excluding carboxylic acids is 1. The second kappa shape index (κ2) is 36.8. The van der Waals surface area contributed by atoms with Gasteiger partial charge in [0.05, 0.1) is 31.0 Å². The van der Waals surface area contributed by atoms with Crippen LogP contribution < -0.4 is 30.7 Å². The summed E-state index contributed by atoms with van der Waals surface area (Å²) in [6.07, 6.45) is 18.2. The lowest BCUT2D eigenvalue weighted by molar-refractivity contribution is -0.124. The van der Waals surface area contributed by atoms with Gasteiger partial charge in [0, 0.05) is 99.2 Å².